The van der Waals surface area contributed by atoms with Crippen molar-refractivity contribution in [3.63, 3.8) is 0 Å². The molecule has 0 saturated heterocycles. The number of nitrogens with one attached hydrogen (secondary N) is 2. The number of nitrogens with zero attached hydrogens (tertiary/aromatic N) is 2. The second-order valence-corrected chi connectivity index (χ2v) is 7.38. The van der Waals surface area contributed by atoms with Gasteiger partial charge < -0.3 is 10.1 Å². The summed E-state index contributed by atoms with van der Waals surface area (Å²) >= 11 is 1.15. The Morgan fingerprint density at radius 3 is 2.68 bits per heavy atom. The molecule has 2 rings (SSSR count). The van der Waals surface area contributed by atoms with Crippen molar-refractivity contribution in [3.05, 3.63) is 46.4 Å². The molecule has 1 aromatic carbocycles. The van der Waals surface area contributed by atoms with E-state index in [0.29, 0.717) is 18.1 Å². The van der Waals surface area contributed by atoms with Crippen molar-refractivity contribution in [2.24, 2.45) is 5.92 Å². The van der Waals surface area contributed by atoms with Crippen LogP contribution >= 0.6 is 11.8 Å². The normalized spacial score (nSPS) is 13.0. The first-order chi connectivity index (χ1) is 13.5. The molecule has 2 atom stereocenters. The van der Waals surface area contributed by atoms with E-state index in [4.69, 9.17) is 4.74 Å². The standard InChI is InChI=1S/C19H26N4O4S/c1-4-13(2)16(17(25)27-3)20-15(24)12-28-19-22-21-18(26)23(19)11-10-14-8-6-5-7-9-14/h5-9,13,16H,4,10-12H2,1-3H3,(H,20,24)(H,21,26)/t13-,16+/m1/s1. The SMILES string of the molecule is CC[C@@H](C)[C@H](NC(=O)CSc1n[nH]c(=O)n1CCc1ccccc1)C(=O)OC. The lowest BCUT2D eigenvalue weighted by Gasteiger charge is -2.21. The third-order valence-electron chi connectivity index (χ3n) is 4.51. The Bertz CT molecular complexity index is 834. The van der Waals surface area contributed by atoms with Crippen molar-refractivity contribution in [1.82, 2.24) is 20.1 Å². The minimum absolute atomic E-state index is 0.0412. The molecule has 1 aromatic heterocycles. The lowest BCUT2D eigenvalue weighted by atomic mass is 9.99. The fourth-order valence-electron chi connectivity index (χ4n) is 2.64. The number of hydrogen-bond donors (Lipinski definition) is 2. The van der Waals surface area contributed by atoms with Crippen molar-refractivity contribution >= 4 is 23.6 Å². The number of esters is 1. The van der Waals surface area contributed by atoms with E-state index in [-0.39, 0.29) is 23.3 Å². The van der Waals surface area contributed by atoms with Crippen molar-refractivity contribution in [3.8, 4) is 0 Å². The van der Waals surface area contributed by atoms with Gasteiger partial charge >= 0.3 is 11.7 Å². The van der Waals surface area contributed by atoms with Gasteiger partial charge in [-0.25, -0.2) is 14.7 Å². The Hall–Kier alpha value is -2.55. The highest BCUT2D eigenvalue weighted by atomic mass is 32.2. The van der Waals surface area contributed by atoms with Gasteiger partial charge in [0.1, 0.15) is 6.04 Å². The van der Waals surface area contributed by atoms with E-state index < -0.39 is 12.0 Å². The van der Waals surface area contributed by atoms with Crippen molar-refractivity contribution in [2.45, 2.75) is 44.4 Å². The third kappa shape index (κ3) is 5.98. The summed E-state index contributed by atoms with van der Waals surface area (Å²) in [5.41, 5.74) is 0.796. The fraction of sp³-hybridized carbons (Fsp3) is 0.474. The summed E-state index contributed by atoms with van der Waals surface area (Å²) in [7, 11) is 1.30. The fourth-order valence-corrected chi connectivity index (χ4v) is 3.42. The number of amides is 1. The molecule has 8 nitrogen and oxygen atoms in total. The predicted octanol–water partition coefficient (Wildman–Crippen LogP) is 1.61. The quantitative estimate of drug-likeness (QED) is 0.459. The van der Waals surface area contributed by atoms with Crippen LogP contribution in [0.15, 0.2) is 40.3 Å². The number of carbonyl (C=O) groups is 2. The van der Waals surface area contributed by atoms with Crippen LogP contribution < -0.4 is 11.0 Å². The van der Waals surface area contributed by atoms with Crippen molar-refractivity contribution < 1.29 is 14.3 Å². The van der Waals surface area contributed by atoms with Crippen LogP contribution in [0.2, 0.25) is 0 Å². The lowest BCUT2D eigenvalue weighted by Crippen LogP contribution is -2.46. The Balaban J connectivity index is 1.95. The summed E-state index contributed by atoms with van der Waals surface area (Å²) in [4.78, 5) is 36.2. The molecule has 0 spiro atoms. The first-order valence-corrected chi connectivity index (χ1v) is 10.1. The van der Waals surface area contributed by atoms with Crippen molar-refractivity contribution in [1.29, 1.82) is 0 Å². The minimum atomic E-state index is -0.692. The van der Waals surface area contributed by atoms with Gasteiger partial charge in [-0.1, -0.05) is 62.4 Å². The van der Waals surface area contributed by atoms with Crippen LogP contribution in [-0.2, 0) is 27.3 Å². The average Bonchev–Trinajstić information content (AvgIpc) is 3.07. The molecule has 0 aliphatic heterocycles. The zero-order valence-corrected chi connectivity index (χ0v) is 17.1. The predicted molar refractivity (Wildman–Crippen MR) is 107 cm³/mol. The molecule has 9 heteroatoms. The van der Waals surface area contributed by atoms with E-state index in [1.165, 1.54) is 11.7 Å². The van der Waals surface area contributed by atoms with Crippen molar-refractivity contribution in [2.75, 3.05) is 12.9 Å². The molecule has 28 heavy (non-hydrogen) atoms. The second-order valence-electron chi connectivity index (χ2n) is 6.44. The number of aromatic amines is 1. The molecule has 1 amide bonds. The Labute approximate surface area is 168 Å². The molecule has 1 heterocycles. The van der Waals surface area contributed by atoms with Crippen LogP contribution in [-0.4, -0.2) is 45.5 Å². The Morgan fingerprint density at radius 2 is 2.04 bits per heavy atom. The van der Waals surface area contributed by atoms with Gasteiger partial charge in [0.2, 0.25) is 5.91 Å². The van der Waals surface area contributed by atoms with Crippen LogP contribution in [0, 0.1) is 5.92 Å². The number of aryl methyl sites for hydroxylation is 1. The molecule has 2 aromatic rings. The summed E-state index contributed by atoms with van der Waals surface area (Å²) in [6, 6.07) is 9.13. The van der Waals surface area contributed by atoms with E-state index in [1.807, 2.05) is 44.2 Å². The van der Waals surface area contributed by atoms with Gasteiger partial charge in [-0.3, -0.25) is 9.36 Å². The molecular weight excluding hydrogens is 380 g/mol. The van der Waals surface area contributed by atoms with Crippen LogP contribution in [0.3, 0.4) is 0 Å². The molecular formula is C19H26N4O4S. The van der Waals surface area contributed by atoms with Gasteiger partial charge in [0, 0.05) is 6.54 Å². The number of thioether (sulfide) groups is 1. The summed E-state index contributed by atoms with van der Waals surface area (Å²) < 4.78 is 6.28. The summed E-state index contributed by atoms with van der Waals surface area (Å²) in [5, 5.41) is 9.57. The van der Waals surface area contributed by atoms with E-state index in [9.17, 15) is 14.4 Å². The van der Waals surface area contributed by atoms with Crippen LogP contribution in [0.5, 0.6) is 0 Å². The summed E-state index contributed by atoms with van der Waals surface area (Å²) in [6.07, 6.45) is 1.41. The number of rotatable bonds is 10. The second kappa shape index (κ2) is 10.7. The Kier molecular flexibility index (Phi) is 8.31. The number of hydrogen-bond acceptors (Lipinski definition) is 6. The van der Waals surface area contributed by atoms with E-state index >= 15 is 0 Å². The van der Waals surface area contributed by atoms with E-state index in [2.05, 4.69) is 15.5 Å². The first kappa shape index (κ1) is 21.7. The number of H-pyrrole nitrogens is 1. The maximum absolute atomic E-state index is 12.3. The number of benzene rings is 1. The minimum Gasteiger partial charge on any atom is -0.467 e. The van der Waals surface area contributed by atoms with Crippen LogP contribution in [0.4, 0.5) is 0 Å². The topological polar surface area (TPSA) is 106 Å². The van der Waals surface area contributed by atoms with Gasteiger partial charge in [-0.05, 0) is 17.9 Å². The molecule has 0 fully saturated rings. The lowest BCUT2D eigenvalue weighted by molar-refractivity contribution is -0.146. The zero-order chi connectivity index (χ0) is 20.5. The van der Waals surface area contributed by atoms with E-state index in [0.717, 1.165) is 23.7 Å². The first-order valence-electron chi connectivity index (χ1n) is 9.15. The molecule has 2 N–H and O–H groups in total. The maximum Gasteiger partial charge on any atom is 0.343 e. The molecule has 0 saturated carbocycles. The summed E-state index contributed by atoms with van der Waals surface area (Å²) in [6.45, 7) is 4.28. The highest BCUT2D eigenvalue weighted by molar-refractivity contribution is 7.99. The molecule has 0 unspecified atom stereocenters. The third-order valence-corrected chi connectivity index (χ3v) is 5.48. The van der Waals surface area contributed by atoms with Gasteiger partial charge in [0.05, 0.1) is 12.9 Å². The highest BCUT2D eigenvalue weighted by Crippen LogP contribution is 2.15. The zero-order valence-electron chi connectivity index (χ0n) is 16.3. The molecule has 0 aliphatic rings. The largest absolute Gasteiger partial charge is 0.467 e. The smallest absolute Gasteiger partial charge is 0.343 e. The number of ether oxygens (including phenoxy) is 1. The molecule has 0 bridgehead atoms. The van der Waals surface area contributed by atoms with Gasteiger partial charge in [-0.2, -0.15) is 0 Å². The van der Waals surface area contributed by atoms with Gasteiger partial charge in [0.15, 0.2) is 5.16 Å². The monoisotopic (exact) mass is 406 g/mol. The van der Waals surface area contributed by atoms with Gasteiger partial charge in [-0.15, -0.1) is 5.10 Å². The Morgan fingerprint density at radius 1 is 1.32 bits per heavy atom. The highest BCUT2D eigenvalue weighted by Gasteiger charge is 2.26. The van der Waals surface area contributed by atoms with Crippen LogP contribution in [0.25, 0.3) is 0 Å². The van der Waals surface area contributed by atoms with E-state index in [1.54, 1.807) is 0 Å². The van der Waals surface area contributed by atoms with Gasteiger partial charge in [0.25, 0.3) is 0 Å². The molecule has 152 valence electrons. The molecule has 0 aliphatic carbocycles. The van der Waals surface area contributed by atoms with Crippen LogP contribution in [0.1, 0.15) is 25.8 Å². The molecule has 0 radical (unpaired) electrons. The summed E-state index contributed by atoms with van der Waals surface area (Å²) in [5.74, 6) is -0.784. The number of methoxy groups -OCH3 is 1. The number of carbonyl (C=O) groups excluding carboxylic acids is 2. The average molecular weight is 407 g/mol. The maximum atomic E-state index is 12.3. The number of aromatic nitrogens is 3.